The molecule has 2 unspecified atom stereocenters. The molecule has 2 atom stereocenters. The molecule has 0 bridgehead atoms. The van der Waals surface area contributed by atoms with Crippen molar-refractivity contribution in [3.8, 4) is 0 Å². The van der Waals surface area contributed by atoms with Gasteiger partial charge in [0.05, 0.1) is 25.4 Å². The molecular weight excluding hydrogens is 1020 g/mol. The van der Waals surface area contributed by atoms with E-state index in [2.05, 4.69) is 19.2 Å². The Balaban J connectivity index is 3.30. The summed E-state index contributed by atoms with van der Waals surface area (Å²) >= 11 is 0. The highest BCUT2D eigenvalue weighted by molar-refractivity contribution is 5.76. The Morgan fingerprint density at radius 3 is 0.819 bits per heavy atom. The summed E-state index contributed by atoms with van der Waals surface area (Å²) in [5, 5.41) is 23.2. The first-order valence-electron chi connectivity index (χ1n) is 38.5. The number of carbonyl (C=O) groups excluding carboxylic acids is 2. The van der Waals surface area contributed by atoms with E-state index in [1.54, 1.807) is 6.08 Å². The number of hydrogen-bond donors (Lipinski definition) is 3. The first-order chi connectivity index (χ1) is 41.0. The van der Waals surface area contributed by atoms with E-state index in [4.69, 9.17) is 4.74 Å². The summed E-state index contributed by atoms with van der Waals surface area (Å²) in [4.78, 5) is 24.6. The summed E-state index contributed by atoms with van der Waals surface area (Å²) in [6.07, 6.45) is 91.9. The lowest BCUT2D eigenvalue weighted by Crippen LogP contribution is -2.45. The van der Waals surface area contributed by atoms with Crippen LogP contribution in [0.3, 0.4) is 0 Å². The average molecular weight is 1170 g/mol. The Hall–Kier alpha value is -1.40. The van der Waals surface area contributed by atoms with Crippen LogP contribution in [0.4, 0.5) is 0 Å². The first-order valence-corrected chi connectivity index (χ1v) is 38.5. The van der Waals surface area contributed by atoms with Gasteiger partial charge in [-0.25, -0.2) is 0 Å². The summed E-state index contributed by atoms with van der Waals surface area (Å²) in [5.74, 6) is -0.0325. The zero-order valence-corrected chi connectivity index (χ0v) is 56.7. The number of carbonyl (C=O) groups is 2. The maximum atomic E-state index is 12.5. The van der Waals surface area contributed by atoms with Gasteiger partial charge in [-0.2, -0.15) is 0 Å². The largest absolute Gasteiger partial charge is 0.466 e. The second-order valence-electron chi connectivity index (χ2n) is 26.7. The number of unbranched alkanes of at least 4 members (excludes halogenated alkanes) is 62. The van der Waals surface area contributed by atoms with Crippen molar-refractivity contribution in [3.05, 3.63) is 12.2 Å². The van der Waals surface area contributed by atoms with E-state index in [9.17, 15) is 19.8 Å². The van der Waals surface area contributed by atoms with Crippen LogP contribution in [-0.2, 0) is 14.3 Å². The molecule has 0 aromatic heterocycles. The van der Waals surface area contributed by atoms with Crippen molar-refractivity contribution in [2.24, 2.45) is 0 Å². The van der Waals surface area contributed by atoms with Gasteiger partial charge >= 0.3 is 5.97 Å². The van der Waals surface area contributed by atoms with Crippen molar-refractivity contribution in [2.45, 2.75) is 456 Å². The van der Waals surface area contributed by atoms with Gasteiger partial charge < -0.3 is 20.3 Å². The number of esters is 1. The molecule has 0 spiro atoms. The molecule has 0 aliphatic carbocycles. The van der Waals surface area contributed by atoms with E-state index >= 15 is 0 Å². The van der Waals surface area contributed by atoms with E-state index in [0.29, 0.717) is 19.4 Å². The maximum absolute atomic E-state index is 12.5. The molecule has 494 valence electrons. The lowest BCUT2D eigenvalue weighted by Gasteiger charge is -2.20. The van der Waals surface area contributed by atoms with Gasteiger partial charge in [-0.05, 0) is 32.1 Å². The molecule has 0 aromatic rings. The van der Waals surface area contributed by atoms with Gasteiger partial charge in [-0.3, -0.25) is 9.59 Å². The Labute approximate surface area is 520 Å². The predicted molar refractivity (Wildman–Crippen MR) is 366 cm³/mol. The van der Waals surface area contributed by atoms with Gasteiger partial charge in [0.15, 0.2) is 0 Å². The van der Waals surface area contributed by atoms with Crippen LogP contribution in [0.2, 0.25) is 0 Å². The highest BCUT2D eigenvalue weighted by atomic mass is 16.5. The molecule has 3 N–H and O–H groups in total. The molecule has 6 heteroatoms. The number of rotatable bonds is 73. The predicted octanol–water partition coefficient (Wildman–Crippen LogP) is 25.1. The molecule has 0 radical (unpaired) electrons. The van der Waals surface area contributed by atoms with Gasteiger partial charge in [-0.1, -0.05) is 411 Å². The lowest BCUT2D eigenvalue weighted by molar-refractivity contribution is -0.143. The van der Waals surface area contributed by atoms with Gasteiger partial charge in [0, 0.05) is 12.8 Å². The fourth-order valence-electron chi connectivity index (χ4n) is 12.5. The van der Waals surface area contributed by atoms with Crippen molar-refractivity contribution in [2.75, 3.05) is 13.2 Å². The van der Waals surface area contributed by atoms with Crippen LogP contribution in [0.1, 0.15) is 444 Å². The Kier molecular flexibility index (Phi) is 71.8. The topological polar surface area (TPSA) is 95.9 Å². The standard InChI is InChI=1S/C77H151NO5/c1-3-5-7-9-11-13-15-17-19-43-47-51-55-59-63-67-71-77(82)83-72-68-64-60-56-52-48-44-40-38-36-34-32-30-28-26-24-22-20-21-23-25-27-29-31-33-35-37-39-42-46-50-54-58-62-66-70-76(81)78-74(73-79)75(80)69-65-61-57-53-49-45-41-18-16-14-12-10-8-6-4-2/h65,69,74-75,79-80H,3-64,66-68,70-73H2,1-2H3,(H,78,81)/b69-65+. The minimum absolute atomic E-state index is 0.0269. The van der Waals surface area contributed by atoms with Crippen molar-refractivity contribution < 1.29 is 24.5 Å². The normalized spacial score (nSPS) is 12.5. The SMILES string of the molecule is CCCCCCCCCCCCCCC/C=C/C(O)C(CO)NC(=O)CCCCCCCCCCCCCCCCCCCCCCCCCCCCCCCCCCCCCOC(=O)CCCCCCCCCCCCCCCCCC. The number of nitrogens with one attached hydrogen (secondary N) is 1. The number of aliphatic hydroxyl groups is 2. The highest BCUT2D eigenvalue weighted by Gasteiger charge is 2.18. The molecule has 0 saturated heterocycles. The van der Waals surface area contributed by atoms with E-state index in [1.807, 2.05) is 6.08 Å². The first kappa shape index (κ1) is 81.6. The van der Waals surface area contributed by atoms with E-state index < -0.39 is 12.1 Å². The summed E-state index contributed by atoms with van der Waals surface area (Å²) in [6.45, 7) is 4.96. The average Bonchev–Trinajstić information content (AvgIpc) is 3.49. The molecular formula is C77H151NO5. The Morgan fingerprint density at radius 1 is 0.325 bits per heavy atom. The van der Waals surface area contributed by atoms with Crippen LogP contribution in [0.5, 0.6) is 0 Å². The van der Waals surface area contributed by atoms with E-state index in [0.717, 1.165) is 38.5 Å². The van der Waals surface area contributed by atoms with Crippen LogP contribution in [0.15, 0.2) is 12.2 Å². The van der Waals surface area contributed by atoms with Crippen molar-refractivity contribution in [1.82, 2.24) is 5.32 Å². The molecule has 1 amide bonds. The highest BCUT2D eigenvalue weighted by Crippen LogP contribution is 2.20. The third kappa shape index (κ3) is 69.6. The molecule has 0 saturated carbocycles. The minimum Gasteiger partial charge on any atom is -0.466 e. The van der Waals surface area contributed by atoms with E-state index in [1.165, 1.54) is 379 Å². The third-order valence-electron chi connectivity index (χ3n) is 18.3. The van der Waals surface area contributed by atoms with Gasteiger partial charge in [0.25, 0.3) is 0 Å². The fraction of sp³-hybridized carbons (Fsp3) is 0.948. The second kappa shape index (κ2) is 73.1. The van der Waals surface area contributed by atoms with Crippen LogP contribution in [0, 0.1) is 0 Å². The van der Waals surface area contributed by atoms with Crippen molar-refractivity contribution in [3.63, 3.8) is 0 Å². The molecule has 0 aromatic carbocycles. The monoisotopic (exact) mass is 1170 g/mol. The summed E-state index contributed by atoms with van der Waals surface area (Å²) < 4.78 is 5.51. The van der Waals surface area contributed by atoms with Gasteiger partial charge in [0.1, 0.15) is 0 Å². The maximum Gasteiger partial charge on any atom is 0.305 e. The zero-order valence-electron chi connectivity index (χ0n) is 56.7. The third-order valence-corrected chi connectivity index (χ3v) is 18.3. The van der Waals surface area contributed by atoms with Crippen LogP contribution < -0.4 is 5.32 Å². The molecule has 0 rings (SSSR count). The zero-order chi connectivity index (χ0) is 59.9. The molecule has 83 heavy (non-hydrogen) atoms. The second-order valence-corrected chi connectivity index (χ2v) is 26.7. The summed E-state index contributed by atoms with van der Waals surface area (Å²) in [7, 11) is 0. The Bertz CT molecular complexity index is 1260. The van der Waals surface area contributed by atoms with Crippen molar-refractivity contribution >= 4 is 11.9 Å². The lowest BCUT2D eigenvalue weighted by atomic mass is 10.0. The summed E-state index contributed by atoms with van der Waals surface area (Å²) in [5.41, 5.74) is 0. The van der Waals surface area contributed by atoms with Crippen LogP contribution in [-0.4, -0.2) is 47.4 Å². The molecule has 6 nitrogen and oxygen atoms in total. The number of allylic oxidation sites excluding steroid dienone is 1. The van der Waals surface area contributed by atoms with Gasteiger partial charge in [-0.15, -0.1) is 0 Å². The molecule has 0 aliphatic rings. The number of aliphatic hydroxyl groups excluding tert-OH is 2. The summed E-state index contributed by atoms with van der Waals surface area (Å²) in [6, 6.07) is -0.623. The smallest absolute Gasteiger partial charge is 0.305 e. The Morgan fingerprint density at radius 2 is 0.554 bits per heavy atom. The fourth-order valence-corrected chi connectivity index (χ4v) is 12.5. The number of hydrogen-bond acceptors (Lipinski definition) is 5. The molecule has 0 heterocycles. The number of ether oxygens (including phenoxy) is 1. The van der Waals surface area contributed by atoms with E-state index in [-0.39, 0.29) is 18.5 Å². The minimum atomic E-state index is -0.840. The quantitative estimate of drug-likeness (QED) is 0.0320. The van der Waals surface area contributed by atoms with Gasteiger partial charge in [0.2, 0.25) is 5.91 Å². The number of amides is 1. The van der Waals surface area contributed by atoms with Crippen LogP contribution >= 0.6 is 0 Å². The van der Waals surface area contributed by atoms with Crippen molar-refractivity contribution in [1.29, 1.82) is 0 Å². The molecule has 0 fully saturated rings. The van der Waals surface area contributed by atoms with Crippen LogP contribution in [0.25, 0.3) is 0 Å². The molecule has 0 aliphatic heterocycles.